The second-order valence-electron chi connectivity index (χ2n) is 6.43. The third-order valence-electron chi connectivity index (χ3n) is 4.07. The number of nitrogens with one attached hydrogen (secondary N) is 2. The minimum absolute atomic E-state index is 0.00787. The zero-order valence-corrected chi connectivity index (χ0v) is 14.5. The van der Waals surface area contributed by atoms with Gasteiger partial charge < -0.3 is 15.8 Å². The van der Waals surface area contributed by atoms with E-state index in [2.05, 4.69) is 20.7 Å². The Morgan fingerprint density at radius 3 is 2.96 bits per heavy atom. The van der Waals surface area contributed by atoms with Gasteiger partial charge in [-0.15, -0.1) is 0 Å². The number of nitrogens with zero attached hydrogens (tertiary/aromatic N) is 3. The van der Waals surface area contributed by atoms with Gasteiger partial charge in [-0.25, -0.2) is 9.78 Å². The highest BCUT2D eigenvalue weighted by atomic mass is 16.5. The molecule has 1 fully saturated rings. The zero-order valence-electron chi connectivity index (χ0n) is 14.5. The molecule has 2 heterocycles. The van der Waals surface area contributed by atoms with Crippen LogP contribution in [-0.4, -0.2) is 40.1 Å². The Kier molecular flexibility index (Phi) is 5.18. The Morgan fingerprint density at radius 1 is 1.48 bits per heavy atom. The van der Waals surface area contributed by atoms with Crippen LogP contribution in [0, 0.1) is 5.92 Å². The van der Waals surface area contributed by atoms with Gasteiger partial charge in [-0.2, -0.15) is 5.10 Å². The molecule has 1 aliphatic carbocycles. The van der Waals surface area contributed by atoms with Crippen LogP contribution in [0.5, 0.6) is 0 Å². The van der Waals surface area contributed by atoms with Crippen LogP contribution in [0.2, 0.25) is 0 Å². The van der Waals surface area contributed by atoms with Gasteiger partial charge in [-0.3, -0.25) is 10.00 Å². The van der Waals surface area contributed by atoms with Crippen LogP contribution in [0.1, 0.15) is 19.8 Å². The van der Waals surface area contributed by atoms with E-state index in [0.717, 1.165) is 17.9 Å². The van der Waals surface area contributed by atoms with E-state index in [0.29, 0.717) is 24.1 Å². The van der Waals surface area contributed by atoms with Crippen molar-refractivity contribution in [3.05, 3.63) is 24.4 Å². The fraction of sp³-hybridized carbons (Fsp3) is 0.471. The summed E-state index contributed by atoms with van der Waals surface area (Å²) in [5, 5.41) is 9.83. The number of pyridine rings is 1. The summed E-state index contributed by atoms with van der Waals surface area (Å²) in [6.07, 6.45) is 4.18. The fourth-order valence-corrected chi connectivity index (χ4v) is 2.40. The lowest BCUT2D eigenvalue weighted by atomic mass is 10.2. The number of rotatable bonds is 7. The van der Waals surface area contributed by atoms with Crippen LogP contribution in [0.15, 0.2) is 24.4 Å². The van der Waals surface area contributed by atoms with Gasteiger partial charge >= 0.3 is 6.03 Å². The second kappa shape index (κ2) is 7.52. The normalized spacial score (nSPS) is 15.0. The number of ether oxygens (including phenoxy) is 1. The summed E-state index contributed by atoms with van der Waals surface area (Å²) in [6.45, 7) is 3.19. The standard InChI is InChI=1S/C17H24N6O2/c1-11(25-10-12-3-4-12)8-20-17(24)21-16-7-14(23(2)22-16)13-5-6-15(18)19-9-13/h5-7,9,11-12H,3-4,8,10H2,1-2H3,(H2,18,19)(H2,20,21,22,24)/t11-/m1/s1. The third-order valence-corrected chi connectivity index (χ3v) is 4.07. The molecule has 0 saturated heterocycles. The topological polar surface area (TPSA) is 107 Å². The fourth-order valence-electron chi connectivity index (χ4n) is 2.40. The Bertz CT molecular complexity index is 723. The van der Waals surface area contributed by atoms with Gasteiger partial charge in [0, 0.05) is 38.0 Å². The smallest absolute Gasteiger partial charge is 0.320 e. The van der Waals surface area contributed by atoms with Gasteiger partial charge in [0.1, 0.15) is 5.82 Å². The van der Waals surface area contributed by atoms with Crippen LogP contribution >= 0.6 is 0 Å². The first kappa shape index (κ1) is 17.2. The number of anilines is 2. The van der Waals surface area contributed by atoms with Crippen molar-refractivity contribution in [2.75, 3.05) is 24.2 Å². The number of nitrogens with two attached hydrogens (primary N) is 1. The van der Waals surface area contributed by atoms with E-state index in [4.69, 9.17) is 10.5 Å². The second-order valence-corrected chi connectivity index (χ2v) is 6.43. The molecule has 0 aromatic carbocycles. The van der Waals surface area contributed by atoms with Gasteiger partial charge in [0.05, 0.1) is 11.8 Å². The molecule has 134 valence electrons. The molecule has 0 aliphatic heterocycles. The summed E-state index contributed by atoms with van der Waals surface area (Å²) in [7, 11) is 1.81. The average Bonchev–Trinajstić information content (AvgIpc) is 3.34. The lowest BCUT2D eigenvalue weighted by molar-refractivity contribution is 0.0601. The van der Waals surface area contributed by atoms with Crippen molar-refractivity contribution in [2.45, 2.75) is 25.9 Å². The predicted molar refractivity (Wildman–Crippen MR) is 96.0 cm³/mol. The third kappa shape index (κ3) is 4.93. The van der Waals surface area contributed by atoms with Gasteiger partial charge in [-0.1, -0.05) is 0 Å². The molecule has 0 spiro atoms. The summed E-state index contributed by atoms with van der Waals surface area (Å²) >= 11 is 0. The SMILES string of the molecule is C[C@H](CNC(=O)Nc1cc(-c2ccc(N)nc2)n(C)n1)OCC1CC1. The van der Waals surface area contributed by atoms with E-state index in [9.17, 15) is 4.79 Å². The molecule has 0 radical (unpaired) electrons. The highest BCUT2D eigenvalue weighted by Crippen LogP contribution is 2.29. The van der Waals surface area contributed by atoms with Crippen LogP contribution in [0.3, 0.4) is 0 Å². The molecule has 3 rings (SSSR count). The molecule has 4 N–H and O–H groups in total. The molecule has 8 nitrogen and oxygen atoms in total. The van der Waals surface area contributed by atoms with Crippen LogP contribution in [0.25, 0.3) is 11.3 Å². The van der Waals surface area contributed by atoms with E-state index in [1.165, 1.54) is 12.8 Å². The molecule has 2 aromatic heterocycles. The lowest BCUT2D eigenvalue weighted by Gasteiger charge is -2.13. The number of carbonyl (C=O) groups is 1. The number of urea groups is 1. The van der Waals surface area contributed by atoms with Crippen LogP contribution in [0.4, 0.5) is 16.4 Å². The summed E-state index contributed by atoms with van der Waals surface area (Å²) in [5.41, 5.74) is 7.32. The molecular formula is C17H24N6O2. The van der Waals surface area contributed by atoms with Gasteiger partial charge in [0.25, 0.3) is 0 Å². The maximum atomic E-state index is 12.0. The number of hydrogen-bond donors (Lipinski definition) is 3. The largest absolute Gasteiger partial charge is 0.384 e. The molecule has 0 bridgehead atoms. The van der Waals surface area contributed by atoms with Crippen molar-refractivity contribution in [1.82, 2.24) is 20.1 Å². The van der Waals surface area contributed by atoms with Gasteiger partial charge in [0.15, 0.2) is 5.82 Å². The van der Waals surface area contributed by atoms with Crippen molar-refractivity contribution < 1.29 is 9.53 Å². The van der Waals surface area contributed by atoms with Gasteiger partial charge in [-0.05, 0) is 37.8 Å². The molecular weight excluding hydrogens is 320 g/mol. The Balaban J connectivity index is 1.51. The van der Waals surface area contributed by atoms with E-state index < -0.39 is 0 Å². The molecule has 2 aromatic rings. The maximum Gasteiger partial charge on any atom is 0.320 e. The molecule has 1 aliphatic rings. The molecule has 25 heavy (non-hydrogen) atoms. The molecule has 1 atom stereocenters. The van der Waals surface area contributed by atoms with Crippen molar-refractivity contribution in [3.63, 3.8) is 0 Å². The quantitative estimate of drug-likeness (QED) is 0.712. The molecule has 2 amide bonds. The van der Waals surface area contributed by atoms with Crippen molar-refractivity contribution in [2.24, 2.45) is 13.0 Å². The number of nitrogen functional groups attached to an aromatic ring is 1. The first-order chi connectivity index (χ1) is 12.0. The van der Waals surface area contributed by atoms with E-state index in [1.54, 1.807) is 23.0 Å². The number of carbonyl (C=O) groups excluding carboxylic acids is 1. The first-order valence-electron chi connectivity index (χ1n) is 8.43. The van der Waals surface area contributed by atoms with E-state index in [1.807, 2.05) is 20.0 Å². The summed E-state index contributed by atoms with van der Waals surface area (Å²) in [4.78, 5) is 16.1. The summed E-state index contributed by atoms with van der Waals surface area (Å²) in [6, 6.07) is 5.08. The first-order valence-corrected chi connectivity index (χ1v) is 8.43. The summed E-state index contributed by atoms with van der Waals surface area (Å²) in [5.74, 6) is 1.64. The van der Waals surface area contributed by atoms with Crippen LogP contribution in [-0.2, 0) is 11.8 Å². The Morgan fingerprint density at radius 2 is 2.28 bits per heavy atom. The maximum absolute atomic E-state index is 12.0. The monoisotopic (exact) mass is 344 g/mol. The zero-order chi connectivity index (χ0) is 17.8. The number of aryl methyl sites for hydroxylation is 1. The summed E-state index contributed by atoms with van der Waals surface area (Å²) < 4.78 is 7.36. The van der Waals surface area contributed by atoms with Gasteiger partial charge in [0.2, 0.25) is 0 Å². The highest BCUT2D eigenvalue weighted by molar-refractivity contribution is 5.88. The lowest BCUT2D eigenvalue weighted by Crippen LogP contribution is -2.35. The van der Waals surface area contributed by atoms with Crippen molar-refractivity contribution in [3.8, 4) is 11.3 Å². The Labute approximate surface area is 146 Å². The van der Waals surface area contributed by atoms with E-state index >= 15 is 0 Å². The molecule has 0 unspecified atom stereocenters. The van der Waals surface area contributed by atoms with Crippen LogP contribution < -0.4 is 16.4 Å². The average molecular weight is 344 g/mol. The van der Waals surface area contributed by atoms with E-state index in [-0.39, 0.29) is 12.1 Å². The minimum Gasteiger partial charge on any atom is -0.384 e. The number of aromatic nitrogens is 3. The molecule has 1 saturated carbocycles. The number of hydrogen-bond acceptors (Lipinski definition) is 5. The van der Waals surface area contributed by atoms with Crippen molar-refractivity contribution >= 4 is 17.7 Å². The molecule has 8 heteroatoms. The number of amides is 2. The Hall–Kier alpha value is -2.61. The van der Waals surface area contributed by atoms with Crippen molar-refractivity contribution in [1.29, 1.82) is 0 Å². The minimum atomic E-state index is -0.304. The highest BCUT2D eigenvalue weighted by Gasteiger charge is 2.22. The predicted octanol–water partition coefficient (Wildman–Crippen LogP) is 2.00.